The Morgan fingerprint density at radius 2 is 1.27 bits per heavy atom. The van der Waals surface area contributed by atoms with Crippen molar-refractivity contribution in [2.24, 2.45) is 11.8 Å². The summed E-state index contributed by atoms with van der Waals surface area (Å²) in [4.78, 5) is 0. The molecule has 0 bridgehead atoms. The Hall–Kier alpha value is 0.195. The number of alkyl halides is 1. The molecule has 2 heterocycles. The molecular formula is C20H34BClO4. The van der Waals surface area contributed by atoms with Gasteiger partial charge in [0, 0.05) is 0 Å². The van der Waals surface area contributed by atoms with Crippen LogP contribution in [-0.2, 0) is 18.8 Å². The van der Waals surface area contributed by atoms with E-state index in [-0.39, 0.29) is 30.9 Å². The molecule has 4 rings (SSSR count). The van der Waals surface area contributed by atoms with Gasteiger partial charge in [-0.3, -0.25) is 0 Å². The van der Waals surface area contributed by atoms with Gasteiger partial charge in [-0.05, 0) is 50.4 Å². The van der Waals surface area contributed by atoms with Crippen molar-refractivity contribution in [2.45, 2.75) is 101 Å². The van der Waals surface area contributed by atoms with Gasteiger partial charge in [-0.25, -0.2) is 0 Å². The Morgan fingerprint density at radius 1 is 0.769 bits per heavy atom. The highest BCUT2D eigenvalue weighted by atomic mass is 35.5. The van der Waals surface area contributed by atoms with Crippen LogP contribution in [0, 0.1) is 11.8 Å². The summed E-state index contributed by atoms with van der Waals surface area (Å²) >= 11 is 6.71. The monoisotopic (exact) mass is 384 g/mol. The molecule has 0 unspecified atom stereocenters. The Balaban J connectivity index is 1.36. The van der Waals surface area contributed by atoms with Crippen LogP contribution in [0.5, 0.6) is 0 Å². The van der Waals surface area contributed by atoms with Crippen LogP contribution in [0.3, 0.4) is 0 Å². The second-order valence-corrected chi connectivity index (χ2v) is 9.19. The van der Waals surface area contributed by atoms with Gasteiger partial charge in [0.15, 0.2) is 6.29 Å². The zero-order chi connectivity index (χ0) is 17.8. The van der Waals surface area contributed by atoms with Crippen LogP contribution in [0.15, 0.2) is 0 Å². The summed E-state index contributed by atoms with van der Waals surface area (Å²) in [6.45, 7) is 1.39. The van der Waals surface area contributed by atoms with Crippen molar-refractivity contribution in [1.29, 1.82) is 0 Å². The lowest BCUT2D eigenvalue weighted by Crippen LogP contribution is -2.38. The third kappa shape index (κ3) is 4.78. The van der Waals surface area contributed by atoms with Crippen molar-refractivity contribution in [2.75, 3.05) is 13.2 Å². The summed E-state index contributed by atoms with van der Waals surface area (Å²) < 4.78 is 24.1. The fourth-order valence-corrected chi connectivity index (χ4v) is 5.60. The van der Waals surface area contributed by atoms with E-state index in [4.69, 9.17) is 30.4 Å². The predicted octanol–water partition coefficient (Wildman–Crippen LogP) is 4.72. The van der Waals surface area contributed by atoms with Gasteiger partial charge in [0.05, 0.1) is 30.7 Å². The van der Waals surface area contributed by atoms with Crippen LogP contribution in [0.4, 0.5) is 0 Å². The normalized spacial score (nSPS) is 33.8. The van der Waals surface area contributed by atoms with Gasteiger partial charge in [-0.2, -0.15) is 0 Å². The van der Waals surface area contributed by atoms with E-state index in [9.17, 15) is 0 Å². The molecule has 0 aromatic rings. The molecule has 26 heavy (non-hydrogen) atoms. The predicted molar refractivity (Wildman–Crippen MR) is 103 cm³/mol. The van der Waals surface area contributed by atoms with Gasteiger partial charge in [0.1, 0.15) is 0 Å². The average molecular weight is 385 g/mol. The lowest BCUT2D eigenvalue weighted by Gasteiger charge is -2.35. The molecule has 0 N–H and O–H groups in total. The third-order valence-corrected chi connectivity index (χ3v) is 7.22. The Labute approximate surface area is 163 Å². The second kappa shape index (κ2) is 9.60. The van der Waals surface area contributed by atoms with Crippen LogP contribution in [-0.4, -0.2) is 44.1 Å². The summed E-state index contributed by atoms with van der Waals surface area (Å²) in [5, 5.41) is -0.123. The molecule has 0 radical (unpaired) electrons. The number of hydrogen-bond acceptors (Lipinski definition) is 4. The SMILES string of the molecule is Cl[C@H](CCC1OCCO1)B1O[C@H](C2CCCCC2)[C@@H](C2CCCCC2)O1. The first-order chi connectivity index (χ1) is 12.8. The molecule has 2 aliphatic carbocycles. The highest BCUT2D eigenvalue weighted by Gasteiger charge is 2.49. The maximum Gasteiger partial charge on any atom is 0.476 e. The number of ether oxygens (including phenoxy) is 2. The molecule has 0 aromatic carbocycles. The molecule has 4 nitrogen and oxygen atoms in total. The molecule has 3 atom stereocenters. The Bertz CT molecular complexity index is 396. The van der Waals surface area contributed by atoms with E-state index < -0.39 is 0 Å². The van der Waals surface area contributed by atoms with Crippen molar-refractivity contribution in [1.82, 2.24) is 0 Å². The summed E-state index contributed by atoms with van der Waals surface area (Å²) in [6.07, 6.45) is 15.3. The number of hydrogen-bond donors (Lipinski definition) is 0. The first-order valence-corrected chi connectivity index (χ1v) is 11.4. The molecule has 4 aliphatic rings. The van der Waals surface area contributed by atoms with Gasteiger partial charge >= 0.3 is 7.12 Å². The molecule has 2 aliphatic heterocycles. The van der Waals surface area contributed by atoms with E-state index >= 15 is 0 Å². The standard InChI is InChI=1S/C20H34BClO4/c22-17(11-12-18-23-13-14-24-18)21-25-19(15-7-3-1-4-8-15)20(26-21)16-9-5-2-6-10-16/h15-20H,1-14H2/t17-,19-,20-/m1/s1. The van der Waals surface area contributed by atoms with Crippen LogP contribution in [0.2, 0.25) is 0 Å². The van der Waals surface area contributed by atoms with E-state index in [2.05, 4.69) is 0 Å². The molecule has 2 saturated heterocycles. The molecule has 148 valence electrons. The number of rotatable bonds is 6. The smallest absolute Gasteiger partial charge is 0.404 e. The first kappa shape index (κ1) is 19.5. The van der Waals surface area contributed by atoms with Crippen LogP contribution in [0.1, 0.15) is 77.0 Å². The Morgan fingerprint density at radius 3 is 1.77 bits per heavy atom. The summed E-state index contributed by atoms with van der Waals surface area (Å²) in [7, 11) is -0.267. The Kier molecular flexibility index (Phi) is 7.20. The largest absolute Gasteiger partial charge is 0.476 e. The van der Waals surface area contributed by atoms with E-state index in [0.29, 0.717) is 25.0 Å². The van der Waals surface area contributed by atoms with E-state index in [1.165, 1.54) is 64.2 Å². The van der Waals surface area contributed by atoms with Gasteiger partial charge < -0.3 is 18.8 Å². The lowest BCUT2D eigenvalue weighted by molar-refractivity contribution is -0.0473. The lowest BCUT2D eigenvalue weighted by atomic mass is 9.77. The molecule has 2 saturated carbocycles. The quantitative estimate of drug-likeness (QED) is 0.490. The van der Waals surface area contributed by atoms with Gasteiger partial charge in [0.2, 0.25) is 0 Å². The molecule has 0 amide bonds. The van der Waals surface area contributed by atoms with Crippen LogP contribution < -0.4 is 0 Å². The molecule has 0 spiro atoms. The van der Waals surface area contributed by atoms with Crippen molar-refractivity contribution in [3.05, 3.63) is 0 Å². The molecular weight excluding hydrogens is 350 g/mol. The minimum atomic E-state index is -0.267. The number of halogens is 1. The molecule has 0 aromatic heterocycles. The van der Waals surface area contributed by atoms with Crippen molar-refractivity contribution < 1.29 is 18.8 Å². The summed E-state index contributed by atoms with van der Waals surface area (Å²) in [6, 6.07) is 0. The summed E-state index contributed by atoms with van der Waals surface area (Å²) in [5.41, 5.74) is 0. The zero-order valence-corrected chi connectivity index (χ0v) is 16.7. The third-order valence-electron chi connectivity index (χ3n) is 6.80. The average Bonchev–Trinajstić information content (AvgIpc) is 3.37. The second-order valence-electron chi connectivity index (χ2n) is 8.63. The molecule has 4 fully saturated rings. The maximum atomic E-state index is 6.71. The van der Waals surface area contributed by atoms with E-state index in [1.807, 2.05) is 0 Å². The minimum Gasteiger partial charge on any atom is -0.404 e. The van der Waals surface area contributed by atoms with Gasteiger partial charge in [-0.15, -0.1) is 11.6 Å². The zero-order valence-electron chi connectivity index (χ0n) is 16.0. The van der Waals surface area contributed by atoms with E-state index in [1.54, 1.807) is 0 Å². The summed E-state index contributed by atoms with van der Waals surface area (Å²) in [5.74, 6) is 1.32. The topological polar surface area (TPSA) is 36.9 Å². The van der Waals surface area contributed by atoms with Crippen molar-refractivity contribution in [3.63, 3.8) is 0 Å². The van der Waals surface area contributed by atoms with Crippen molar-refractivity contribution >= 4 is 18.7 Å². The molecule has 6 heteroatoms. The fraction of sp³-hybridized carbons (Fsp3) is 1.00. The van der Waals surface area contributed by atoms with Gasteiger partial charge in [0.25, 0.3) is 0 Å². The van der Waals surface area contributed by atoms with Crippen LogP contribution in [0.25, 0.3) is 0 Å². The van der Waals surface area contributed by atoms with Crippen molar-refractivity contribution in [3.8, 4) is 0 Å². The highest BCUT2D eigenvalue weighted by molar-refractivity contribution is 6.59. The highest BCUT2D eigenvalue weighted by Crippen LogP contribution is 2.41. The maximum absolute atomic E-state index is 6.71. The van der Waals surface area contributed by atoms with Crippen LogP contribution >= 0.6 is 11.6 Å². The first-order valence-electron chi connectivity index (χ1n) is 11.0. The fourth-order valence-electron chi connectivity index (χ4n) is 5.36. The minimum absolute atomic E-state index is 0.0964. The van der Waals surface area contributed by atoms with E-state index in [0.717, 1.165) is 12.8 Å². The van der Waals surface area contributed by atoms with Gasteiger partial charge in [-0.1, -0.05) is 38.5 Å².